The minimum absolute atomic E-state index is 0.171. The highest BCUT2D eigenvalue weighted by atomic mass is 32.2. The lowest BCUT2D eigenvalue weighted by atomic mass is 9.96. The smallest absolute Gasteiger partial charge is 0.346 e. The van der Waals surface area contributed by atoms with E-state index < -0.39 is 16.0 Å². The predicted molar refractivity (Wildman–Crippen MR) is 118 cm³/mol. The second-order valence-electron chi connectivity index (χ2n) is 6.75. The summed E-state index contributed by atoms with van der Waals surface area (Å²) in [7, 11) is -3.28. The van der Waals surface area contributed by atoms with E-state index in [1.807, 2.05) is 55.5 Å². The third kappa shape index (κ3) is 4.76. The Bertz CT molecular complexity index is 1240. The fourth-order valence-corrected chi connectivity index (χ4v) is 4.65. The molecule has 0 radical (unpaired) electrons. The number of benzene rings is 2. The molecule has 0 saturated carbocycles. The van der Waals surface area contributed by atoms with Crippen molar-refractivity contribution < 1.29 is 18.3 Å². The first kappa shape index (κ1) is 21.7. The van der Waals surface area contributed by atoms with Gasteiger partial charge in [-0.1, -0.05) is 49.4 Å². The number of nitrogens with zero attached hydrogens (tertiary/aromatic N) is 1. The number of aryl methyl sites for hydroxylation is 1. The molecule has 3 aromatic rings. The van der Waals surface area contributed by atoms with Crippen LogP contribution in [0.4, 0.5) is 0 Å². The Labute approximate surface area is 179 Å². The van der Waals surface area contributed by atoms with Crippen LogP contribution in [0.2, 0.25) is 0 Å². The van der Waals surface area contributed by atoms with Crippen LogP contribution < -0.4 is 4.72 Å². The van der Waals surface area contributed by atoms with E-state index in [0.717, 1.165) is 39.2 Å². The molecule has 0 aliphatic heterocycles. The molecule has 0 aliphatic rings. The highest BCUT2D eigenvalue weighted by molar-refractivity contribution is 7.88. The van der Waals surface area contributed by atoms with E-state index in [4.69, 9.17) is 0 Å². The topological polar surface area (TPSA) is 107 Å². The van der Waals surface area contributed by atoms with Gasteiger partial charge in [0.2, 0.25) is 10.0 Å². The van der Waals surface area contributed by atoms with Gasteiger partial charge >= 0.3 is 5.97 Å². The molecule has 8 heteroatoms. The van der Waals surface area contributed by atoms with Gasteiger partial charge in [0.15, 0.2) is 0 Å². The molecule has 0 atom stereocenters. The van der Waals surface area contributed by atoms with E-state index in [9.17, 15) is 23.6 Å². The summed E-state index contributed by atoms with van der Waals surface area (Å²) in [5.74, 6) is -1.04. The Morgan fingerprint density at radius 2 is 1.80 bits per heavy atom. The lowest BCUT2D eigenvalue weighted by Crippen LogP contribution is -2.21. The third-order valence-corrected chi connectivity index (χ3v) is 6.57. The molecule has 2 N–H and O–H groups in total. The van der Waals surface area contributed by atoms with Gasteiger partial charge in [0.1, 0.15) is 10.9 Å². The van der Waals surface area contributed by atoms with Crippen molar-refractivity contribution in [2.45, 2.75) is 19.9 Å². The van der Waals surface area contributed by atoms with Gasteiger partial charge in [-0.25, -0.2) is 17.9 Å². The van der Waals surface area contributed by atoms with Crippen molar-refractivity contribution >= 4 is 27.3 Å². The summed E-state index contributed by atoms with van der Waals surface area (Å²) >= 11 is 1.15. The zero-order chi connectivity index (χ0) is 21.9. The molecule has 3 rings (SSSR count). The normalized spacial score (nSPS) is 11.2. The summed E-state index contributed by atoms with van der Waals surface area (Å²) < 4.78 is 25.1. The van der Waals surface area contributed by atoms with Gasteiger partial charge < -0.3 is 5.11 Å². The summed E-state index contributed by atoms with van der Waals surface area (Å²) in [6, 6.07) is 17.0. The third-order valence-electron chi connectivity index (χ3n) is 4.58. The van der Waals surface area contributed by atoms with Gasteiger partial charge in [-0.3, -0.25) is 0 Å². The number of nitrogens with one attached hydrogen (secondary N) is 1. The molecule has 154 valence electrons. The maximum absolute atomic E-state index is 11.7. The average Bonchev–Trinajstić information content (AvgIpc) is 3.11. The van der Waals surface area contributed by atoms with Crippen molar-refractivity contribution in [3.8, 4) is 28.3 Å². The molecule has 0 unspecified atom stereocenters. The van der Waals surface area contributed by atoms with Crippen LogP contribution in [-0.2, 0) is 23.0 Å². The van der Waals surface area contributed by atoms with Crippen LogP contribution in [-0.4, -0.2) is 25.7 Å². The monoisotopic (exact) mass is 440 g/mol. The highest BCUT2D eigenvalue weighted by Gasteiger charge is 2.23. The highest BCUT2D eigenvalue weighted by Crippen LogP contribution is 2.37. The van der Waals surface area contributed by atoms with Gasteiger partial charge in [0, 0.05) is 17.0 Å². The lowest BCUT2D eigenvalue weighted by molar-refractivity contribution is 0.0703. The number of aromatic carboxylic acids is 1. The zero-order valence-electron chi connectivity index (χ0n) is 16.5. The average molecular weight is 441 g/mol. The first-order valence-corrected chi connectivity index (χ1v) is 11.9. The fourth-order valence-electron chi connectivity index (χ4n) is 3.18. The molecule has 0 aliphatic carbocycles. The molecule has 0 spiro atoms. The number of hydrogen-bond acceptors (Lipinski definition) is 5. The van der Waals surface area contributed by atoms with E-state index in [-0.39, 0.29) is 11.4 Å². The Kier molecular flexibility index (Phi) is 6.37. The van der Waals surface area contributed by atoms with Crippen LogP contribution in [0.3, 0.4) is 0 Å². The Morgan fingerprint density at radius 1 is 1.13 bits per heavy atom. The fraction of sp³-hybridized carbons (Fsp3) is 0.182. The molecule has 0 bridgehead atoms. The van der Waals surface area contributed by atoms with Crippen LogP contribution in [0, 0.1) is 11.3 Å². The molecule has 30 heavy (non-hydrogen) atoms. The number of sulfonamides is 1. The number of carbonyl (C=O) groups is 1. The predicted octanol–water partition coefficient (Wildman–Crippen LogP) is 4.26. The SMILES string of the molecule is CCc1sc(C(=O)O)c(-c2ccc(-c3cccc(CNS(C)(=O)=O)c3)cc2)c1C#N. The lowest BCUT2D eigenvalue weighted by Gasteiger charge is -2.08. The first-order chi connectivity index (χ1) is 14.2. The van der Waals surface area contributed by atoms with Gasteiger partial charge in [0.05, 0.1) is 11.8 Å². The summed E-state index contributed by atoms with van der Waals surface area (Å²) in [6.45, 7) is 2.10. The summed E-state index contributed by atoms with van der Waals surface area (Å²) in [5.41, 5.74) is 4.20. The Hall–Kier alpha value is -2.99. The van der Waals surface area contributed by atoms with Crippen molar-refractivity contribution in [3.63, 3.8) is 0 Å². The maximum Gasteiger partial charge on any atom is 0.346 e. The minimum Gasteiger partial charge on any atom is -0.477 e. The number of hydrogen-bond donors (Lipinski definition) is 2. The zero-order valence-corrected chi connectivity index (χ0v) is 18.1. The first-order valence-electron chi connectivity index (χ1n) is 9.17. The van der Waals surface area contributed by atoms with Gasteiger partial charge in [0.25, 0.3) is 0 Å². The molecule has 0 saturated heterocycles. The quantitative estimate of drug-likeness (QED) is 0.571. The van der Waals surface area contributed by atoms with Crippen LogP contribution in [0.1, 0.15) is 32.6 Å². The molecule has 0 fully saturated rings. The summed E-state index contributed by atoms with van der Waals surface area (Å²) in [5, 5.41) is 19.2. The van der Waals surface area contributed by atoms with Gasteiger partial charge in [-0.05, 0) is 34.7 Å². The molecule has 0 amide bonds. The molecule has 2 aromatic carbocycles. The van der Waals surface area contributed by atoms with Crippen molar-refractivity contribution in [2.24, 2.45) is 0 Å². The Morgan fingerprint density at radius 3 is 2.37 bits per heavy atom. The van der Waals surface area contributed by atoms with E-state index in [2.05, 4.69) is 10.8 Å². The number of carboxylic acids is 1. The number of carboxylic acid groups (broad SMARTS) is 1. The summed E-state index contributed by atoms with van der Waals surface area (Å²) in [4.78, 5) is 12.6. The van der Waals surface area contributed by atoms with Gasteiger partial charge in [-0.15, -0.1) is 11.3 Å². The Balaban J connectivity index is 1.96. The van der Waals surface area contributed by atoms with E-state index in [0.29, 0.717) is 23.1 Å². The van der Waals surface area contributed by atoms with Crippen LogP contribution in [0.15, 0.2) is 48.5 Å². The van der Waals surface area contributed by atoms with Gasteiger partial charge in [-0.2, -0.15) is 5.26 Å². The number of nitriles is 1. The molecular formula is C22H20N2O4S2. The largest absolute Gasteiger partial charge is 0.477 e. The molecule has 6 nitrogen and oxygen atoms in total. The van der Waals surface area contributed by atoms with E-state index >= 15 is 0 Å². The summed E-state index contributed by atoms with van der Waals surface area (Å²) in [6.07, 6.45) is 1.71. The number of rotatable bonds is 7. The maximum atomic E-state index is 11.7. The standard InChI is InChI=1S/C22H20N2O4S2/c1-3-19-18(12-23)20(21(29-19)22(25)26)16-9-7-15(8-10-16)17-6-4-5-14(11-17)13-24-30(2,27)28/h4-11,24H,3,13H2,1-2H3,(H,25,26). The van der Waals surface area contributed by atoms with Crippen molar-refractivity contribution in [1.82, 2.24) is 4.72 Å². The van der Waals surface area contributed by atoms with E-state index in [1.165, 1.54) is 0 Å². The van der Waals surface area contributed by atoms with Crippen LogP contribution in [0.25, 0.3) is 22.3 Å². The molecular weight excluding hydrogens is 420 g/mol. The van der Waals surface area contributed by atoms with Crippen molar-refractivity contribution in [2.75, 3.05) is 6.26 Å². The molecule has 1 aromatic heterocycles. The van der Waals surface area contributed by atoms with Crippen molar-refractivity contribution in [1.29, 1.82) is 5.26 Å². The van der Waals surface area contributed by atoms with Crippen LogP contribution in [0.5, 0.6) is 0 Å². The van der Waals surface area contributed by atoms with Crippen LogP contribution >= 0.6 is 11.3 Å². The second-order valence-corrected chi connectivity index (χ2v) is 9.68. The van der Waals surface area contributed by atoms with E-state index in [1.54, 1.807) is 0 Å². The molecule has 1 heterocycles. The van der Waals surface area contributed by atoms with Crippen molar-refractivity contribution in [3.05, 3.63) is 69.4 Å². The minimum atomic E-state index is -3.28. The second kappa shape index (κ2) is 8.79. The number of thiophene rings is 1.